The van der Waals surface area contributed by atoms with E-state index in [1.165, 1.54) is 0 Å². The first-order valence-electron chi connectivity index (χ1n) is 4.65. The molecule has 0 saturated heterocycles. The lowest BCUT2D eigenvalue weighted by Crippen LogP contribution is -1.89. The second-order valence-electron chi connectivity index (χ2n) is 3.22. The van der Waals surface area contributed by atoms with E-state index in [0.717, 1.165) is 15.8 Å². The molecule has 0 aromatic carbocycles. The monoisotopic (exact) mass is 247 g/mol. The van der Waals surface area contributed by atoms with Crippen LogP contribution in [0.4, 0.5) is 0 Å². The van der Waals surface area contributed by atoms with Crippen molar-refractivity contribution in [3.63, 3.8) is 0 Å². The van der Waals surface area contributed by atoms with Crippen LogP contribution in [0.15, 0.2) is 36.1 Å². The normalized spacial score (nSPS) is 10.8. The lowest BCUT2D eigenvalue weighted by molar-refractivity contribution is 1.22. The van der Waals surface area contributed by atoms with Gasteiger partial charge in [0.05, 0.1) is 15.2 Å². The average Bonchev–Trinajstić information content (AvgIpc) is 2.76. The molecule has 0 unspecified atom stereocenters. The molecule has 0 aliphatic carbocycles. The summed E-state index contributed by atoms with van der Waals surface area (Å²) in [5, 5.41) is 2.56. The lowest BCUT2D eigenvalue weighted by atomic mass is 10.2. The molecule has 16 heavy (non-hydrogen) atoms. The van der Waals surface area contributed by atoms with Crippen LogP contribution in [0.3, 0.4) is 0 Å². The molecule has 78 valence electrons. The predicted octanol–water partition coefficient (Wildman–Crippen LogP) is 3.41. The second-order valence-corrected chi connectivity index (χ2v) is 4.57. The number of halogens is 1. The number of nitrogens with zero attached hydrogens (tertiary/aromatic N) is 3. The highest BCUT2D eigenvalue weighted by Gasteiger charge is 2.07. The number of pyridine rings is 1. The summed E-state index contributed by atoms with van der Waals surface area (Å²) in [4.78, 5) is 12.7. The molecule has 3 aromatic rings. The van der Waals surface area contributed by atoms with Gasteiger partial charge in [-0.1, -0.05) is 11.6 Å². The largest absolute Gasteiger partial charge is 0.263 e. The van der Waals surface area contributed by atoms with Gasteiger partial charge in [-0.2, -0.15) is 0 Å². The summed E-state index contributed by atoms with van der Waals surface area (Å²) in [6.07, 6.45) is 5.10. The van der Waals surface area contributed by atoms with Crippen molar-refractivity contribution in [2.45, 2.75) is 0 Å². The Morgan fingerprint density at radius 3 is 3.00 bits per heavy atom. The van der Waals surface area contributed by atoms with Crippen LogP contribution in [0, 0.1) is 0 Å². The molecule has 0 saturated carbocycles. The quantitative estimate of drug-likeness (QED) is 0.662. The van der Waals surface area contributed by atoms with Crippen LogP contribution in [0.25, 0.3) is 21.6 Å². The van der Waals surface area contributed by atoms with Crippen molar-refractivity contribution in [2.24, 2.45) is 0 Å². The standard InChI is InChI=1S/C11H6ClN3S/c12-8-5-13-3-1-7(8)11-14-6-10-9(15-11)2-4-16-10/h1-6H. The van der Waals surface area contributed by atoms with E-state index in [1.54, 1.807) is 23.7 Å². The van der Waals surface area contributed by atoms with Gasteiger partial charge in [-0.05, 0) is 17.5 Å². The minimum Gasteiger partial charge on any atom is -0.263 e. The molecular weight excluding hydrogens is 242 g/mol. The number of rotatable bonds is 1. The first kappa shape index (κ1) is 9.69. The Labute approximate surface area is 101 Å². The Kier molecular flexibility index (Phi) is 2.31. The minimum absolute atomic E-state index is 0.567. The highest BCUT2D eigenvalue weighted by Crippen LogP contribution is 2.26. The van der Waals surface area contributed by atoms with Gasteiger partial charge in [-0.15, -0.1) is 11.3 Å². The molecule has 3 aromatic heterocycles. The van der Waals surface area contributed by atoms with E-state index < -0.39 is 0 Å². The summed E-state index contributed by atoms with van der Waals surface area (Å²) in [5.41, 5.74) is 1.76. The third-order valence-corrected chi connectivity index (χ3v) is 3.36. The van der Waals surface area contributed by atoms with E-state index in [2.05, 4.69) is 15.0 Å². The van der Waals surface area contributed by atoms with Crippen molar-refractivity contribution in [3.8, 4) is 11.4 Å². The van der Waals surface area contributed by atoms with E-state index in [1.807, 2.05) is 23.7 Å². The fourth-order valence-corrected chi connectivity index (χ4v) is 2.35. The van der Waals surface area contributed by atoms with Gasteiger partial charge in [0.1, 0.15) is 0 Å². The smallest absolute Gasteiger partial charge is 0.161 e. The molecular formula is C11H6ClN3S. The molecule has 0 aliphatic heterocycles. The van der Waals surface area contributed by atoms with Gasteiger partial charge in [-0.3, -0.25) is 4.98 Å². The third-order valence-electron chi connectivity index (χ3n) is 2.22. The van der Waals surface area contributed by atoms with Crippen molar-refractivity contribution in [2.75, 3.05) is 0 Å². The lowest BCUT2D eigenvalue weighted by Gasteiger charge is -2.01. The van der Waals surface area contributed by atoms with Crippen LogP contribution < -0.4 is 0 Å². The SMILES string of the molecule is Clc1cnccc1-c1ncc2sccc2n1. The van der Waals surface area contributed by atoms with Crippen LogP contribution in [0.1, 0.15) is 0 Å². The maximum atomic E-state index is 6.04. The molecule has 0 atom stereocenters. The Hall–Kier alpha value is -1.52. The summed E-state index contributed by atoms with van der Waals surface area (Å²) in [5.74, 6) is 0.637. The summed E-state index contributed by atoms with van der Waals surface area (Å²) < 4.78 is 1.08. The average molecular weight is 248 g/mol. The molecule has 0 spiro atoms. The fraction of sp³-hybridized carbons (Fsp3) is 0. The van der Waals surface area contributed by atoms with Gasteiger partial charge in [0.2, 0.25) is 0 Å². The Morgan fingerprint density at radius 2 is 2.12 bits per heavy atom. The topological polar surface area (TPSA) is 38.7 Å². The van der Waals surface area contributed by atoms with Gasteiger partial charge >= 0.3 is 0 Å². The fourth-order valence-electron chi connectivity index (χ4n) is 1.45. The number of hydrogen-bond donors (Lipinski definition) is 0. The van der Waals surface area contributed by atoms with Gasteiger partial charge < -0.3 is 0 Å². The maximum Gasteiger partial charge on any atom is 0.161 e. The number of thiophene rings is 1. The van der Waals surface area contributed by atoms with Crippen LogP contribution >= 0.6 is 22.9 Å². The minimum atomic E-state index is 0.567. The second kappa shape index (κ2) is 3.81. The van der Waals surface area contributed by atoms with E-state index in [9.17, 15) is 0 Å². The van der Waals surface area contributed by atoms with E-state index in [-0.39, 0.29) is 0 Å². The van der Waals surface area contributed by atoms with Gasteiger partial charge in [-0.25, -0.2) is 9.97 Å². The van der Waals surface area contributed by atoms with Gasteiger partial charge in [0.15, 0.2) is 5.82 Å². The summed E-state index contributed by atoms with van der Waals surface area (Å²) in [7, 11) is 0. The van der Waals surface area contributed by atoms with Crippen molar-refractivity contribution in [1.29, 1.82) is 0 Å². The molecule has 0 fully saturated rings. The molecule has 3 heterocycles. The van der Waals surface area contributed by atoms with Gasteiger partial charge in [0, 0.05) is 24.2 Å². The molecule has 0 N–H and O–H groups in total. The molecule has 0 amide bonds. The summed E-state index contributed by atoms with van der Waals surface area (Å²) >= 11 is 7.67. The van der Waals surface area contributed by atoms with Crippen LogP contribution in [-0.4, -0.2) is 15.0 Å². The third kappa shape index (κ3) is 1.56. The van der Waals surface area contributed by atoms with E-state index in [4.69, 9.17) is 11.6 Å². The zero-order chi connectivity index (χ0) is 11.0. The molecule has 0 radical (unpaired) electrons. The van der Waals surface area contributed by atoms with E-state index >= 15 is 0 Å². The first-order chi connectivity index (χ1) is 7.84. The number of aromatic nitrogens is 3. The first-order valence-corrected chi connectivity index (χ1v) is 5.90. The predicted molar refractivity (Wildman–Crippen MR) is 65.7 cm³/mol. The Morgan fingerprint density at radius 1 is 1.19 bits per heavy atom. The van der Waals surface area contributed by atoms with Gasteiger partial charge in [0.25, 0.3) is 0 Å². The van der Waals surface area contributed by atoms with Crippen molar-refractivity contribution in [1.82, 2.24) is 15.0 Å². The highest BCUT2D eigenvalue weighted by molar-refractivity contribution is 7.17. The van der Waals surface area contributed by atoms with Crippen LogP contribution in [-0.2, 0) is 0 Å². The van der Waals surface area contributed by atoms with E-state index in [0.29, 0.717) is 10.8 Å². The molecule has 0 aliphatic rings. The molecule has 3 rings (SSSR count). The van der Waals surface area contributed by atoms with Crippen LogP contribution in [0.5, 0.6) is 0 Å². The molecule has 5 heteroatoms. The zero-order valence-electron chi connectivity index (χ0n) is 8.09. The molecule has 0 bridgehead atoms. The maximum absolute atomic E-state index is 6.04. The van der Waals surface area contributed by atoms with Crippen molar-refractivity contribution >= 4 is 33.2 Å². The number of fused-ring (bicyclic) bond motifs is 1. The van der Waals surface area contributed by atoms with Crippen molar-refractivity contribution < 1.29 is 0 Å². The zero-order valence-corrected chi connectivity index (χ0v) is 9.66. The summed E-state index contributed by atoms with van der Waals surface area (Å²) in [6, 6.07) is 3.79. The van der Waals surface area contributed by atoms with Crippen LogP contribution in [0.2, 0.25) is 5.02 Å². The summed E-state index contributed by atoms with van der Waals surface area (Å²) in [6.45, 7) is 0. The van der Waals surface area contributed by atoms with Crippen molar-refractivity contribution in [3.05, 3.63) is 41.1 Å². The highest BCUT2D eigenvalue weighted by atomic mass is 35.5. The Balaban J connectivity index is 2.22. The Bertz CT molecular complexity index is 650. The molecule has 3 nitrogen and oxygen atoms in total. The number of hydrogen-bond acceptors (Lipinski definition) is 4.